The lowest BCUT2D eigenvalue weighted by atomic mass is 9.99. The molecule has 0 aliphatic rings. The normalized spacial score (nSPS) is 13.5. The first-order valence-corrected chi connectivity index (χ1v) is 7.48. The van der Waals surface area contributed by atoms with Crippen molar-refractivity contribution >= 4 is 11.9 Å². The second-order valence-electron chi connectivity index (χ2n) is 6.30. The molecule has 2 unspecified atom stereocenters. The summed E-state index contributed by atoms with van der Waals surface area (Å²) in [6, 6.07) is 5.68. The summed E-state index contributed by atoms with van der Waals surface area (Å²) in [6.45, 7) is 6.83. The van der Waals surface area contributed by atoms with Crippen molar-refractivity contribution in [3.05, 3.63) is 45.8 Å². The minimum atomic E-state index is -1.10. The Balaban J connectivity index is 3.02. The highest BCUT2D eigenvalue weighted by molar-refractivity contribution is 5.91. The largest absolute Gasteiger partial charge is 0.480 e. The first-order valence-electron chi connectivity index (χ1n) is 7.48. The predicted octanol–water partition coefficient (Wildman–Crippen LogP) is 2.88. The molecule has 0 radical (unpaired) electrons. The van der Waals surface area contributed by atoms with Gasteiger partial charge in [-0.2, -0.15) is 0 Å². The smallest absolute Gasteiger partial charge is 0.338 e. The summed E-state index contributed by atoms with van der Waals surface area (Å²) >= 11 is 0. The standard InChI is InChI=1S/C16H22N4O4/c1-10(19-20-17)18-13(14(21)22)9-11-7-5-6-8-12(11)15(23)24-16(2,3)4/h5-8,10,13,18H,9H2,1-4H3,(H,21,22). The number of nitrogens with zero attached hydrogens (tertiary/aromatic N) is 3. The molecule has 0 aliphatic heterocycles. The summed E-state index contributed by atoms with van der Waals surface area (Å²) in [5.74, 6) is -1.61. The minimum Gasteiger partial charge on any atom is -0.480 e. The summed E-state index contributed by atoms with van der Waals surface area (Å²) < 4.78 is 5.35. The number of aliphatic carboxylic acids is 1. The summed E-state index contributed by atoms with van der Waals surface area (Å²) in [4.78, 5) is 26.4. The van der Waals surface area contributed by atoms with Gasteiger partial charge in [0, 0.05) is 4.91 Å². The van der Waals surface area contributed by atoms with Gasteiger partial charge in [-0.15, -0.1) is 0 Å². The van der Waals surface area contributed by atoms with E-state index in [1.165, 1.54) is 0 Å². The van der Waals surface area contributed by atoms with Crippen molar-refractivity contribution in [2.45, 2.75) is 51.9 Å². The molecule has 0 heterocycles. The lowest BCUT2D eigenvalue weighted by Crippen LogP contribution is -2.43. The molecule has 8 nitrogen and oxygen atoms in total. The number of carboxylic acids is 1. The number of hydrogen-bond donors (Lipinski definition) is 2. The molecular weight excluding hydrogens is 312 g/mol. The van der Waals surface area contributed by atoms with Crippen LogP contribution in [0.4, 0.5) is 0 Å². The molecule has 1 aromatic carbocycles. The molecule has 1 rings (SSSR count). The molecular formula is C16H22N4O4. The third kappa shape index (κ3) is 6.28. The molecule has 0 aromatic heterocycles. The van der Waals surface area contributed by atoms with E-state index in [0.29, 0.717) is 11.1 Å². The van der Waals surface area contributed by atoms with Crippen molar-refractivity contribution in [2.75, 3.05) is 0 Å². The second kappa shape index (κ2) is 8.33. The van der Waals surface area contributed by atoms with Crippen LogP contribution in [0.2, 0.25) is 0 Å². The van der Waals surface area contributed by atoms with Crippen molar-refractivity contribution in [1.29, 1.82) is 0 Å². The SMILES string of the molecule is CC(N=[N+]=[N-])NC(Cc1ccccc1C(=O)OC(C)(C)C)C(=O)O. The number of ether oxygens (including phenoxy) is 1. The average Bonchev–Trinajstić information content (AvgIpc) is 2.45. The van der Waals surface area contributed by atoms with Crippen LogP contribution in [0.3, 0.4) is 0 Å². The Morgan fingerprint density at radius 2 is 2.00 bits per heavy atom. The molecule has 0 saturated carbocycles. The molecule has 1 aromatic rings. The van der Waals surface area contributed by atoms with E-state index >= 15 is 0 Å². The Bertz CT molecular complexity index is 648. The van der Waals surface area contributed by atoms with Crippen LogP contribution in [0, 0.1) is 0 Å². The topological polar surface area (TPSA) is 124 Å². The Hall–Kier alpha value is -2.57. The molecule has 0 bridgehead atoms. The molecule has 2 atom stereocenters. The van der Waals surface area contributed by atoms with Gasteiger partial charge >= 0.3 is 11.9 Å². The zero-order chi connectivity index (χ0) is 18.3. The second-order valence-corrected chi connectivity index (χ2v) is 6.30. The zero-order valence-corrected chi connectivity index (χ0v) is 14.2. The molecule has 8 heteroatoms. The van der Waals surface area contributed by atoms with E-state index in [2.05, 4.69) is 15.3 Å². The fourth-order valence-corrected chi connectivity index (χ4v) is 2.07. The monoisotopic (exact) mass is 334 g/mol. The first kappa shape index (κ1) is 19.5. The van der Waals surface area contributed by atoms with Crippen LogP contribution in [0.25, 0.3) is 10.4 Å². The van der Waals surface area contributed by atoms with E-state index in [1.54, 1.807) is 52.0 Å². The van der Waals surface area contributed by atoms with Gasteiger partial charge in [-0.05, 0) is 51.3 Å². The van der Waals surface area contributed by atoms with Crippen molar-refractivity contribution in [1.82, 2.24) is 5.32 Å². The summed E-state index contributed by atoms with van der Waals surface area (Å²) in [5.41, 5.74) is 8.62. The number of hydrogen-bond acceptors (Lipinski definition) is 5. The maximum atomic E-state index is 12.3. The zero-order valence-electron chi connectivity index (χ0n) is 14.2. The summed E-state index contributed by atoms with van der Waals surface area (Å²) in [6.07, 6.45) is -0.638. The first-order chi connectivity index (χ1) is 11.1. The molecule has 0 amide bonds. The number of rotatable bonds is 7. The fraction of sp³-hybridized carbons (Fsp3) is 0.500. The van der Waals surface area contributed by atoms with Gasteiger partial charge < -0.3 is 9.84 Å². The van der Waals surface area contributed by atoms with Crippen LogP contribution in [0.1, 0.15) is 43.6 Å². The van der Waals surface area contributed by atoms with E-state index in [4.69, 9.17) is 10.3 Å². The highest BCUT2D eigenvalue weighted by atomic mass is 16.6. The number of carbonyl (C=O) groups is 2. The average molecular weight is 334 g/mol. The maximum absolute atomic E-state index is 12.3. The summed E-state index contributed by atoms with van der Waals surface area (Å²) in [5, 5.41) is 15.5. The molecule has 0 spiro atoms. The third-order valence-electron chi connectivity index (χ3n) is 3.03. The van der Waals surface area contributed by atoms with Crippen molar-refractivity contribution < 1.29 is 19.4 Å². The van der Waals surface area contributed by atoms with E-state index < -0.39 is 29.7 Å². The number of benzene rings is 1. The third-order valence-corrected chi connectivity index (χ3v) is 3.03. The maximum Gasteiger partial charge on any atom is 0.338 e. The van der Waals surface area contributed by atoms with Gasteiger partial charge in [0.1, 0.15) is 11.6 Å². The van der Waals surface area contributed by atoms with E-state index in [0.717, 1.165) is 0 Å². The van der Waals surface area contributed by atoms with Crippen LogP contribution < -0.4 is 5.32 Å². The number of nitrogens with one attached hydrogen (secondary N) is 1. The van der Waals surface area contributed by atoms with Crippen molar-refractivity contribution in [3.63, 3.8) is 0 Å². The Morgan fingerprint density at radius 3 is 2.54 bits per heavy atom. The molecule has 0 saturated heterocycles. The van der Waals surface area contributed by atoms with Crippen LogP contribution in [-0.4, -0.2) is 34.9 Å². The van der Waals surface area contributed by atoms with Crippen LogP contribution in [0.15, 0.2) is 29.4 Å². The molecule has 24 heavy (non-hydrogen) atoms. The lowest BCUT2D eigenvalue weighted by molar-refractivity contribution is -0.139. The Kier molecular flexibility index (Phi) is 6.76. The number of carbonyl (C=O) groups excluding carboxylic acids is 1. The van der Waals surface area contributed by atoms with Gasteiger partial charge in [0.15, 0.2) is 0 Å². The van der Waals surface area contributed by atoms with Gasteiger partial charge in [0.05, 0.1) is 11.7 Å². The summed E-state index contributed by atoms with van der Waals surface area (Å²) in [7, 11) is 0. The van der Waals surface area contributed by atoms with Gasteiger partial charge in [-0.25, -0.2) is 4.79 Å². The van der Waals surface area contributed by atoms with E-state index in [-0.39, 0.29) is 6.42 Å². The van der Waals surface area contributed by atoms with Gasteiger partial charge in [-0.1, -0.05) is 23.3 Å². The number of carboxylic acid groups (broad SMARTS) is 1. The number of esters is 1. The quantitative estimate of drug-likeness (QED) is 0.343. The molecule has 130 valence electrons. The van der Waals surface area contributed by atoms with Crippen LogP contribution in [0.5, 0.6) is 0 Å². The van der Waals surface area contributed by atoms with Gasteiger partial charge in [-0.3, -0.25) is 10.1 Å². The molecule has 0 fully saturated rings. The highest BCUT2D eigenvalue weighted by Crippen LogP contribution is 2.17. The number of azide groups is 1. The Morgan fingerprint density at radius 1 is 1.38 bits per heavy atom. The predicted molar refractivity (Wildman–Crippen MR) is 88.5 cm³/mol. The van der Waals surface area contributed by atoms with E-state index in [1.807, 2.05) is 0 Å². The van der Waals surface area contributed by atoms with Crippen molar-refractivity contribution in [3.8, 4) is 0 Å². The highest BCUT2D eigenvalue weighted by Gasteiger charge is 2.24. The minimum absolute atomic E-state index is 0.0516. The molecule has 2 N–H and O–H groups in total. The van der Waals surface area contributed by atoms with Gasteiger partial charge in [0.2, 0.25) is 0 Å². The molecule has 0 aliphatic carbocycles. The Labute approximate surface area is 140 Å². The van der Waals surface area contributed by atoms with Gasteiger partial charge in [0.25, 0.3) is 0 Å². The lowest BCUT2D eigenvalue weighted by Gasteiger charge is -2.22. The van der Waals surface area contributed by atoms with Crippen LogP contribution in [-0.2, 0) is 16.0 Å². The van der Waals surface area contributed by atoms with Crippen molar-refractivity contribution in [2.24, 2.45) is 5.11 Å². The van der Waals surface area contributed by atoms with Crippen LogP contribution >= 0.6 is 0 Å². The van der Waals surface area contributed by atoms with E-state index in [9.17, 15) is 14.7 Å². The fourth-order valence-electron chi connectivity index (χ4n) is 2.07.